The maximum absolute atomic E-state index is 13.7. The van der Waals surface area contributed by atoms with Gasteiger partial charge in [0.25, 0.3) is 5.66 Å². The Morgan fingerprint density at radius 2 is 1.86 bits per heavy atom. The van der Waals surface area contributed by atoms with E-state index < -0.39 is 11.8 Å². The number of alkyl halides is 2. The fourth-order valence-electron chi connectivity index (χ4n) is 3.34. The Kier molecular flexibility index (Phi) is 4.87. The Hall–Kier alpha value is -1.07. The number of hydrogen-bond donors (Lipinski definition) is 1. The summed E-state index contributed by atoms with van der Waals surface area (Å²) in [5.74, 6) is 1.02. The maximum atomic E-state index is 13.7. The van der Waals surface area contributed by atoms with Crippen LogP contribution in [0, 0.1) is 0 Å². The molecule has 5 nitrogen and oxygen atoms in total. The molecule has 3 unspecified atom stereocenters. The van der Waals surface area contributed by atoms with Crippen molar-refractivity contribution in [3.63, 3.8) is 0 Å². The highest BCUT2D eigenvalue weighted by atomic mass is 31.0. The van der Waals surface area contributed by atoms with Gasteiger partial charge in [-0.25, -0.2) is 0 Å². The van der Waals surface area contributed by atoms with Gasteiger partial charge in [-0.05, 0) is 12.6 Å². The standard InChI is InChI=1S/C14H26F2N5P/c1-17-12-9-18(2)8-11(21(12)5)10-6-19(3)13(14(15,16)22)20(4)7-10/h6,9,11,13,17H,7-8,22H2,1-5H3. The molecule has 2 aliphatic rings. The number of likely N-dealkylation sites (N-methyl/N-ethyl adjacent to an activating group) is 3. The van der Waals surface area contributed by atoms with Crippen LogP contribution in [-0.2, 0) is 0 Å². The lowest BCUT2D eigenvalue weighted by atomic mass is 10.0. The first-order chi connectivity index (χ1) is 10.1. The monoisotopic (exact) mass is 333 g/mol. The molecule has 0 spiro atoms. The summed E-state index contributed by atoms with van der Waals surface area (Å²) in [6.07, 6.45) is 2.98. The van der Waals surface area contributed by atoms with Gasteiger partial charge in [-0.1, -0.05) is 9.24 Å². The van der Waals surface area contributed by atoms with E-state index in [1.807, 2.05) is 33.5 Å². The minimum absolute atomic E-state index is 0.154. The molecular formula is C14H26F2N5P. The number of hydrogen-bond acceptors (Lipinski definition) is 5. The van der Waals surface area contributed by atoms with E-state index in [-0.39, 0.29) is 6.04 Å². The van der Waals surface area contributed by atoms with Gasteiger partial charge in [0.2, 0.25) is 0 Å². The lowest BCUT2D eigenvalue weighted by molar-refractivity contribution is -0.0593. The van der Waals surface area contributed by atoms with Crippen LogP contribution in [-0.4, -0.2) is 85.8 Å². The molecule has 0 amide bonds. The van der Waals surface area contributed by atoms with Crippen LogP contribution in [0.1, 0.15) is 0 Å². The van der Waals surface area contributed by atoms with Crippen molar-refractivity contribution in [2.75, 3.05) is 48.3 Å². The molecule has 1 N–H and O–H groups in total. The van der Waals surface area contributed by atoms with Crippen LogP contribution < -0.4 is 5.32 Å². The summed E-state index contributed by atoms with van der Waals surface area (Å²) in [5.41, 5.74) is -1.72. The highest BCUT2D eigenvalue weighted by Gasteiger charge is 2.43. The Balaban J connectivity index is 2.25. The zero-order chi connectivity index (χ0) is 16.7. The Labute approximate surface area is 133 Å². The van der Waals surface area contributed by atoms with E-state index in [0.717, 1.165) is 17.9 Å². The minimum Gasteiger partial charge on any atom is -0.375 e. The van der Waals surface area contributed by atoms with Gasteiger partial charge in [0.1, 0.15) is 5.82 Å². The smallest absolute Gasteiger partial charge is 0.291 e. The summed E-state index contributed by atoms with van der Waals surface area (Å²) < 4.78 is 27.5. The van der Waals surface area contributed by atoms with Crippen molar-refractivity contribution in [2.24, 2.45) is 0 Å². The summed E-state index contributed by atoms with van der Waals surface area (Å²) in [6, 6.07) is 0.154. The Bertz CT molecular complexity index is 476. The lowest BCUT2D eigenvalue weighted by Gasteiger charge is -2.47. The van der Waals surface area contributed by atoms with Crippen molar-refractivity contribution in [3.8, 4) is 0 Å². The molecule has 0 bridgehead atoms. The number of nitrogens with one attached hydrogen (secondary N) is 1. The molecule has 0 aromatic carbocycles. The zero-order valence-electron chi connectivity index (χ0n) is 13.8. The molecule has 0 aliphatic carbocycles. The second-order valence-corrected chi connectivity index (χ2v) is 6.93. The summed E-state index contributed by atoms with van der Waals surface area (Å²) >= 11 is 0. The summed E-state index contributed by atoms with van der Waals surface area (Å²) in [7, 11) is 11.0. The molecule has 0 fully saturated rings. The molecule has 0 saturated carbocycles. The average Bonchev–Trinajstić information content (AvgIpc) is 2.38. The quantitative estimate of drug-likeness (QED) is 0.771. The highest BCUT2D eigenvalue weighted by Crippen LogP contribution is 2.35. The molecule has 2 rings (SSSR count). The second kappa shape index (κ2) is 6.20. The van der Waals surface area contributed by atoms with Crippen LogP contribution in [0.3, 0.4) is 0 Å². The van der Waals surface area contributed by atoms with Crippen LogP contribution in [0.15, 0.2) is 23.8 Å². The van der Waals surface area contributed by atoms with Crippen LogP contribution >= 0.6 is 9.24 Å². The molecule has 0 saturated heterocycles. The van der Waals surface area contributed by atoms with Crippen LogP contribution in [0.5, 0.6) is 0 Å². The highest BCUT2D eigenvalue weighted by molar-refractivity contribution is 7.18. The van der Waals surface area contributed by atoms with Gasteiger partial charge in [0, 0.05) is 53.7 Å². The predicted molar refractivity (Wildman–Crippen MR) is 88.2 cm³/mol. The molecule has 22 heavy (non-hydrogen) atoms. The summed E-state index contributed by atoms with van der Waals surface area (Å²) in [6.45, 7) is 1.36. The number of halogens is 2. The van der Waals surface area contributed by atoms with Gasteiger partial charge in [0.05, 0.1) is 6.04 Å². The molecule has 8 heteroatoms. The van der Waals surface area contributed by atoms with E-state index in [1.54, 1.807) is 33.1 Å². The van der Waals surface area contributed by atoms with E-state index in [2.05, 4.69) is 15.1 Å². The van der Waals surface area contributed by atoms with Gasteiger partial charge < -0.3 is 20.0 Å². The lowest BCUT2D eigenvalue weighted by Crippen LogP contribution is -2.57. The van der Waals surface area contributed by atoms with Gasteiger partial charge >= 0.3 is 0 Å². The van der Waals surface area contributed by atoms with Gasteiger partial charge in [-0.2, -0.15) is 8.78 Å². The molecular weight excluding hydrogens is 307 g/mol. The fraction of sp³-hybridized carbons (Fsp3) is 0.714. The molecule has 0 radical (unpaired) electrons. The van der Waals surface area contributed by atoms with Crippen molar-refractivity contribution in [2.45, 2.75) is 17.9 Å². The van der Waals surface area contributed by atoms with Crippen LogP contribution in [0.2, 0.25) is 0 Å². The molecule has 3 atom stereocenters. The minimum atomic E-state index is -2.85. The fourth-order valence-corrected chi connectivity index (χ4v) is 3.83. The SMILES string of the molecule is CNC1=CN(C)CC(C2=CN(C)C(C(F)(F)P)N(C)C2)N1C. The Morgan fingerprint density at radius 1 is 1.23 bits per heavy atom. The van der Waals surface area contributed by atoms with Crippen molar-refractivity contribution < 1.29 is 8.78 Å². The van der Waals surface area contributed by atoms with E-state index in [9.17, 15) is 8.78 Å². The van der Waals surface area contributed by atoms with Crippen molar-refractivity contribution >= 4 is 9.24 Å². The average molecular weight is 333 g/mol. The van der Waals surface area contributed by atoms with Crippen LogP contribution in [0.4, 0.5) is 8.78 Å². The van der Waals surface area contributed by atoms with Gasteiger partial charge in [-0.3, -0.25) is 4.90 Å². The first-order valence-electron chi connectivity index (χ1n) is 7.27. The first kappa shape index (κ1) is 17.3. The second-order valence-electron chi connectivity index (χ2n) is 6.16. The number of rotatable bonds is 3. The third kappa shape index (κ3) is 3.30. The van der Waals surface area contributed by atoms with E-state index in [0.29, 0.717) is 6.54 Å². The summed E-state index contributed by atoms with van der Waals surface area (Å²) in [5, 5.41) is 3.18. The zero-order valence-corrected chi connectivity index (χ0v) is 15.0. The maximum Gasteiger partial charge on any atom is 0.291 e. The van der Waals surface area contributed by atoms with Crippen molar-refractivity contribution in [1.29, 1.82) is 0 Å². The van der Waals surface area contributed by atoms with E-state index in [1.165, 1.54) is 0 Å². The number of nitrogens with zero attached hydrogens (tertiary/aromatic N) is 4. The molecule has 0 aromatic heterocycles. The normalized spacial score (nSPS) is 27.7. The van der Waals surface area contributed by atoms with E-state index in [4.69, 9.17) is 0 Å². The third-order valence-electron chi connectivity index (χ3n) is 4.28. The molecule has 2 aliphatic heterocycles. The van der Waals surface area contributed by atoms with Gasteiger partial charge in [-0.15, -0.1) is 0 Å². The van der Waals surface area contributed by atoms with Crippen molar-refractivity contribution in [3.05, 3.63) is 23.8 Å². The third-order valence-corrected chi connectivity index (χ3v) is 4.58. The topological polar surface area (TPSA) is 25.0 Å². The van der Waals surface area contributed by atoms with E-state index >= 15 is 0 Å². The summed E-state index contributed by atoms with van der Waals surface area (Å²) in [4.78, 5) is 7.59. The first-order valence-corrected chi connectivity index (χ1v) is 7.85. The van der Waals surface area contributed by atoms with Crippen molar-refractivity contribution in [1.82, 2.24) is 24.9 Å². The van der Waals surface area contributed by atoms with Crippen LogP contribution in [0.25, 0.3) is 0 Å². The largest absolute Gasteiger partial charge is 0.375 e. The van der Waals surface area contributed by atoms with Gasteiger partial charge in [0.15, 0.2) is 6.17 Å². The molecule has 0 aromatic rings. The Morgan fingerprint density at radius 3 is 2.36 bits per heavy atom. The molecule has 126 valence electrons. The predicted octanol–water partition coefficient (Wildman–Crippen LogP) is 0.806. The molecule has 2 heterocycles.